The molecule has 0 aliphatic carbocycles. The maximum absolute atomic E-state index is 13.1. The van der Waals surface area contributed by atoms with Gasteiger partial charge in [-0.25, -0.2) is 0 Å². The van der Waals surface area contributed by atoms with Gasteiger partial charge in [-0.2, -0.15) is 0 Å². The predicted molar refractivity (Wildman–Crippen MR) is 360 cm³/mol. The first kappa shape index (κ1) is 80.4. The van der Waals surface area contributed by atoms with E-state index in [1.807, 2.05) is 6.08 Å². The molecule has 1 aliphatic heterocycles. The molecular weight excluding hydrogens is 1040 g/mol. The van der Waals surface area contributed by atoms with Crippen LogP contribution in [0.4, 0.5) is 0 Å². The number of rotatable bonds is 66. The second-order valence-corrected chi connectivity index (χ2v) is 26.1. The Morgan fingerprint density at radius 2 is 0.679 bits per heavy atom. The van der Waals surface area contributed by atoms with E-state index < -0.39 is 49.5 Å². The van der Waals surface area contributed by atoms with Crippen LogP contribution in [0.15, 0.2) is 36.5 Å². The predicted octanol–water partition coefficient (Wildman–Crippen LogP) is 20.6. The summed E-state index contributed by atoms with van der Waals surface area (Å²) >= 11 is 0. The number of amides is 1. The van der Waals surface area contributed by atoms with Crippen molar-refractivity contribution in [2.45, 2.75) is 423 Å². The van der Waals surface area contributed by atoms with E-state index in [-0.39, 0.29) is 12.5 Å². The summed E-state index contributed by atoms with van der Waals surface area (Å²) < 4.78 is 11.3. The number of carbonyl (C=O) groups excluding carboxylic acids is 1. The van der Waals surface area contributed by atoms with E-state index in [0.29, 0.717) is 6.42 Å². The second-order valence-electron chi connectivity index (χ2n) is 26.1. The van der Waals surface area contributed by atoms with Crippen LogP contribution in [0.2, 0.25) is 0 Å². The average Bonchev–Trinajstić information content (AvgIpc) is 3.70. The molecule has 7 unspecified atom stereocenters. The van der Waals surface area contributed by atoms with Crippen LogP contribution >= 0.6 is 0 Å². The maximum Gasteiger partial charge on any atom is 0.220 e. The van der Waals surface area contributed by atoms with Gasteiger partial charge >= 0.3 is 0 Å². The molecule has 0 aromatic rings. The summed E-state index contributed by atoms with van der Waals surface area (Å²) in [5.74, 6) is -0.183. The lowest BCUT2D eigenvalue weighted by atomic mass is 9.99. The minimum atomic E-state index is -1.58. The lowest BCUT2D eigenvalue weighted by Gasteiger charge is -2.40. The van der Waals surface area contributed by atoms with Gasteiger partial charge in [0.25, 0.3) is 0 Å². The molecule has 6 N–H and O–H groups in total. The van der Waals surface area contributed by atoms with Crippen LogP contribution in [0, 0.1) is 0 Å². The van der Waals surface area contributed by atoms with Gasteiger partial charge in [0.15, 0.2) is 6.29 Å². The summed E-state index contributed by atoms with van der Waals surface area (Å²) in [5, 5.41) is 54.8. The Morgan fingerprint density at radius 1 is 0.393 bits per heavy atom. The molecule has 0 saturated carbocycles. The molecule has 84 heavy (non-hydrogen) atoms. The molecule has 1 rings (SSSR count). The highest BCUT2D eigenvalue weighted by Crippen LogP contribution is 2.24. The van der Waals surface area contributed by atoms with Crippen molar-refractivity contribution in [3.8, 4) is 0 Å². The lowest BCUT2D eigenvalue weighted by molar-refractivity contribution is -0.302. The fraction of sp³-hybridized carbons (Fsp3) is 0.907. The highest BCUT2D eigenvalue weighted by molar-refractivity contribution is 5.76. The third kappa shape index (κ3) is 52.4. The highest BCUT2D eigenvalue weighted by atomic mass is 16.7. The molecule has 1 aliphatic rings. The first-order chi connectivity index (χ1) is 41.3. The summed E-state index contributed by atoms with van der Waals surface area (Å²) in [7, 11) is 0. The summed E-state index contributed by atoms with van der Waals surface area (Å²) in [6, 6.07) is -0.828. The van der Waals surface area contributed by atoms with Crippen LogP contribution in [0.5, 0.6) is 0 Å². The maximum atomic E-state index is 13.1. The molecular formula is C75H143NO8. The molecule has 0 spiro atoms. The Labute approximate surface area is 521 Å². The van der Waals surface area contributed by atoms with Gasteiger partial charge in [0, 0.05) is 6.42 Å². The number of carbonyl (C=O) groups is 1. The van der Waals surface area contributed by atoms with Gasteiger partial charge in [-0.1, -0.05) is 365 Å². The van der Waals surface area contributed by atoms with Crippen molar-refractivity contribution >= 4 is 5.91 Å². The van der Waals surface area contributed by atoms with Crippen LogP contribution in [-0.4, -0.2) is 87.5 Å². The van der Waals surface area contributed by atoms with E-state index in [4.69, 9.17) is 9.47 Å². The summed E-state index contributed by atoms with van der Waals surface area (Å²) in [6.07, 6.45) is 80.0. The molecule has 9 heteroatoms. The topological polar surface area (TPSA) is 149 Å². The Morgan fingerprint density at radius 3 is 1.00 bits per heavy atom. The number of aliphatic hydroxyl groups excluding tert-OH is 5. The van der Waals surface area contributed by atoms with Crippen molar-refractivity contribution in [2.24, 2.45) is 0 Å². The fourth-order valence-electron chi connectivity index (χ4n) is 12.1. The van der Waals surface area contributed by atoms with Gasteiger partial charge in [0.2, 0.25) is 5.91 Å². The van der Waals surface area contributed by atoms with Crippen LogP contribution in [0.25, 0.3) is 0 Å². The van der Waals surface area contributed by atoms with E-state index in [1.165, 1.54) is 315 Å². The van der Waals surface area contributed by atoms with Gasteiger partial charge in [-0.3, -0.25) is 4.79 Å². The van der Waals surface area contributed by atoms with Crippen molar-refractivity contribution in [1.29, 1.82) is 0 Å². The molecule has 1 heterocycles. The largest absolute Gasteiger partial charge is 0.394 e. The fourth-order valence-corrected chi connectivity index (χ4v) is 12.1. The average molecular weight is 1190 g/mol. The molecule has 0 bridgehead atoms. The normalized spacial score (nSPS) is 18.3. The lowest BCUT2D eigenvalue weighted by Crippen LogP contribution is -2.60. The summed E-state index contributed by atoms with van der Waals surface area (Å²) in [4.78, 5) is 13.1. The van der Waals surface area contributed by atoms with Crippen molar-refractivity contribution in [3.05, 3.63) is 36.5 Å². The number of nitrogens with one attached hydrogen (secondary N) is 1. The van der Waals surface area contributed by atoms with Gasteiger partial charge in [-0.15, -0.1) is 0 Å². The summed E-state index contributed by atoms with van der Waals surface area (Å²) in [6.45, 7) is 3.82. The second kappa shape index (κ2) is 64.4. The number of allylic oxidation sites excluding steroid dienone is 5. The Kier molecular flexibility index (Phi) is 61.7. The van der Waals surface area contributed by atoms with E-state index in [0.717, 1.165) is 44.9 Å². The zero-order chi connectivity index (χ0) is 60.7. The number of unbranched alkanes of at least 4 members (excludes halogenated alkanes) is 52. The minimum Gasteiger partial charge on any atom is -0.394 e. The zero-order valence-electron chi connectivity index (χ0n) is 55.7. The molecule has 1 fully saturated rings. The molecule has 1 amide bonds. The van der Waals surface area contributed by atoms with Crippen molar-refractivity contribution in [3.63, 3.8) is 0 Å². The van der Waals surface area contributed by atoms with Crippen LogP contribution in [-0.2, 0) is 14.3 Å². The van der Waals surface area contributed by atoms with Crippen LogP contribution in [0.1, 0.15) is 380 Å². The first-order valence-corrected chi connectivity index (χ1v) is 37.2. The minimum absolute atomic E-state index is 0.183. The van der Waals surface area contributed by atoms with E-state index in [2.05, 4.69) is 43.5 Å². The van der Waals surface area contributed by atoms with Gasteiger partial charge in [-0.05, 0) is 44.9 Å². The zero-order valence-corrected chi connectivity index (χ0v) is 55.7. The smallest absolute Gasteiger partial charge is 0.220 e. The third-order valence-electron chi connectivity index (χ3n) is 17.9. The first-order valence-electron chi connectivity index (χ1n) is 37.2. The molecule has 1 saturated heterocycles. The Bertz CT molecular complexity index is 1420. The molecule has 7 atom stereocenters. The van der Waals surface area contributed by atoms with Gasteiger partial charge < -0.3 is 40.3 Å². The van der Waals surface area contributed by atoms with Crippen molar-refractivity contribution in [1.82, 2.24) is 5.32 Å². The molecule has 0 aromatic carbocycles. The monoisotopic (exact) mass is 1190 g/mol. The third-order valence-corrected chi connectivity index (χ3v) is 17.9. The van der Waals surface area contributed by atoms with Crippen LogP contribution < -0.4 is 5.32 Å². The SMILES string of the molecule is CCCCCCCCCCCCCCCCCCCCCCCCC/C=C/CC/C=C/CC/C=C/C(O)C(COC1OC(CO)C(O)C(O)C1O)NC(=O)CCCCCCCCCCCCCCCCCCCCCCCCCCCCCC. The van der Waals surface area contributed by atoms with Crippen molar-refractivity contribution in [2.75, 3.05) is 13.2 Å². The molecule has 9 nitrogen and oxygen atoms in total. The Balaban J connectivity index is 2.13. The highest BCUT2D eigenvalue weighted by Gasteiger charge is 2.44. The van der Waals surface area contributed by atoms with E-state index in [9.17, 15) is 30.3 Å². The number of ether oxygens (including phenoxy) is 2. The van der Waals surface area contributed by atoms with Crippen LogP contribution in [0.3, 0.4) is 0 Å². The molecule has 0 radical (unpaired) electrons. The van der Waals surface area contributed by atoms with Gasteiger partial charge in [0.1, 0.15) is 24.4 Å². The number of hydrogen-bond acceptors (Lipinski definition) is 8. The molecule has 496 valence electrons. The Hall–Kier alpha value is -1.59. The van der Waals surface area contributed by atoms with Gasteiger partial charge in [0.05, 0.1) is 25.4 Å². The van der Waals surface area contributed by atoms with Crippen molar-refractivity contribution < 1.29 is 39.8 Å². The number of hydrogen-bond donors (Lipinski definition) is 6. The molecule has 0 aromatic heterocycles. The quantitative estimate of drug-likeness (QED) is 0.0261. The standard InChI is InChI=1S/C75H143NO8/c1-3-5-7-9-11-13-15-17-19-21-23-25-27-29-31-33-34-35-36-37-38-40-42-44-46-48-50-52-54-56-58-60-62-64-69(78)68(67-83-75-74(82)73(81)72(80)70(66-77)84-75)76-71(79)65-63-61-59-57-55-53-51-49-47-45-43-41-39-32-30-28-26-24-22-20-18-16-14-12-10-8-6-4-2/h46,48,54,56,62,64,68-70,72-75,77-78,80-82H,3-45,47,49-53,55,57-61,63,65-67H2,1-2H3,(H,76,79)/b48-46+,56-54+,64-62+. The number of aliphatic hydroxyl groups is 5. The summed E-state index contributed by atoms with van der Waals surface area (Å²) in [5.41, 5.74) is 0. The van der Waals surface area contributed by atoms with E-state index in [1.54, 1.807) is 6.08 Å². The van der Waals surface area contributed by atoms with E-state index >= 15 is 0 Å².